The highest BCUT2D eigenvalue weighted by molar-refractivity contribution is 5.63. The molecule has 0 atom stereocenters. The van der Waals surface area contributed by atoms with Crippen molar-refractivity contribution in [2.45, 2.75) is 27.2 Å². The molecule has 0 radical (unpaired) electrons. The van der Waals surface area contributed by atoms with Gasteiger partial charge in [-0.05, 0) is 38.0 Å². The van der Waals surface area contributed by atoms with Crippen LogP contribution in [0.4, 0.5) is 4.79 Å². The van der Waals surface area contributed by atoms with E-state index in [2.05, 4.69) is 16.5 Å². The van der Waals surface area contributed by atoms with Crippen LogP contribution in [0.5, 0.6) is 5.75 Å². The van der Waals surface area contributed by atoms with Crippen LogP contribution in [0.15, 0.2) is 24.3 Å². The fourth-order valence-corrected chi connectivity index (χ4v) is 1.15. The molecule has 1 N–H and O–H groups in total. The quantitative estimate of drug-likeness (QED) is 0.285. The fraction of sp³-hybridized carbons (Fsp3) is 0.429. The van der Waals surface area contributed by atoms with E-state index in [9.17, 15) is 9.59 Å². The summed E-state index contributed by atoms with van der Waals surface area (Å²) in [5.41, 5.74) is 3.23. The molecule has 1 aromatic rings. The summed E-state index contributed by atoms with van der Waals surface area (Å²) in [4.78, 5) is 24.6. The Hall–Kier alpha value is -2.08. The van der Waals surface area contributed by atoms with E-state index in [1.165, 1.54) is 5.56 Å². The van der Waals surface area contributed by atoms with Crippen molar-refractivity contribution in [2.24, 2.45) is 0 Å². The number of nitrogens with one attached hydrogen (secondary N) is 1. The fourth-order valence-electron chi connectivity index (χ4n) is 1.15. The number of rotatable bonds is 6. The Kier molecular flexibility index (Phi) is 10.7. The monoisotopic (exact) mass is 283 g/mol. The van der Waals surface area contributed by atoms with Gasteiger partial charge < -0.3 is 9.47 Å². The maximum absolute atomic E-state index is 10.9. The topological polar surface area (TPSA) is 73.9 Å². The van der Waals surface area contributed by atoms with Gasteiger partial charge in [-0.3, -0.25) is 9.63 Å². The molecule has 0 aliphatic heterocycles. The maximum atomic E-state index is 10.9. The first-order chi connectivity index (χ1) is 9.67. The molecule has 0 fully saturated rings. The van der Waals surface area contributed by atoms with Gasteiger partial charge in [-0.25, -0.2) is 10.3 Å². The molecule has 6 heteroatoms. The Labute approximate surface area is 119 Å². The van der Waals surface area contributed by atoms with Gasteiger partial charge in [-0.15, -0.1) is 0 Å². The van der Waals surface area contributed by atoms with Crippen molar-refractivity contribution < 1.29 is 23.9 Å². The second-order valence-corrected chi connectivity index (χ2v) is 3.45. The molecule has 0 aromatic heterocycles. The minimum Gasteiger partial charge on any atom is -0.434 e. The molecule has 20 heavy (non-hydrogen) atoms. The minimum absolute atomic E-state index is 0.325. The van der Waals surface area contributed by atoms with E-state index in [0.717, 1.165) is 6.42 Å². The highest BCUT2D eigenvalue weighted by atomic mass is 16.7. The Morgan fingerprint density at radius 3 is 2.20 bits per heavy atom. The van der Waals surface area contributed by atoms with E-state index in [1.807, 2.05) is 17.6 Å². The third kappa shape index (κ3) is 8.93. The van der Waals surface area contributed by atoms with Crippen LogP contribution in [-0.4, -0.2) is 25.8 Å². The normalized spacial score (nSPS) is 8.95. The predicted molar refractivity (Wildman–Crippen MR) is 74.3 cm³/mol. The van der Waals surface area contributed by atoms with Crippen molar-refractivity contribution in [3.63, 3.8) is 0 Å². The maximum Gasteiger partial charge on any atom is 0.513 e. The Balaban J connectivity index is 0.000000511. The number of hydroxylamine groups is 1. The van der Waals surface area contributed by atoms with E-state index in [1.54, 1.807) is 26.0 Å². The van der Waals surface area contributed by atoms with Gasteiger partial charge in [-0.1, -0.05) is 19.1 Å². The number of aryl methyl sites for hydroxylation is 1. The molecule has 1 amide bonds. The van der Waals surface area contributed by atoms with E-state index in [0.29, 0.717) is 25.4 Å². The van der Waals surface area contributed by atoms with Crippen LogP contribution in [0.1, 0.15) is 26.3 Å². The molecule has 112 valence electrons. The predicted octanol–water partition coefficient (Wildman–Crippen LogP) is 2.47. The van der Waals surface area contributed by atoms with Gasteiger partial charge in [0.25, 0.3) is 0 Å². The largest absolute Gasteiger partial charge is 0.513 e. The first-order valence-corrected chi connectivity index (χ1v) is 6.42. The lowest BCUT2D eigenvalue weighted by Crippen LogP contribution is -2.10. The third-order valence-corrected chi connectivity index (χ3v) is 2.07. The van der Waals surface area contributed by atoms with Crippen molar-refractivity contribution in [1.82, 2.24) is 5.48 Å². The SMILES string of the molecule is CCOC(=O)Oc1ccc(CC)cc1.CCONC=O. The Bertz CT molecular complexity index is 378. The second-order valence-electron chi connectivity index (χ2n) is 3.45. The second kappa shape index (κ2) is 12.0. The zero-order valence-corrected chi connectivity index (χ0v) is 12.0. The highest BCUT2D eigenvalue weighted by Gasteiger charge is 2.03. The summed E-state index contributed by atoms with van der Waals surface area (Å²) >= 11 is 0. The smallest absolute Gasteiger partial charge is 0.434 e. The molecule has 0 spiro atoms. The highest BCUT2D eigenvalue weighted by Crippen LogP contribution is 2.12. The number of hydrogen-bond donors (Lipinski definition) is 1. The van der Waals surface area contributed by atoms with Crippen molar-refractivity contribution in [3.8, 4) is 5.75 Å². The van der Waals surface area contributed by atoms with Crippen LogP contribution in [0, 0.1) is 0 Å². The third-order valence-electron chi connectivity index (χ3n) is 2.07. The van der Waals surface area contributed by atoms with Gasteiger partial charge in [0.2, 0.25) is 6.41 Å². The minimum atomic E-state index is -0.656. The number of amides is 1. The average molecular weight is 283 g/mol. The number of hydrogen-bond acceptors (Lipinski definition) is 5. The lowest BCUT2D eigenvalue weighted by atomic mass is 10.2. The van der Waals surface area contributed by atoms with Gasteiger partial charge >= 0.3 is 6.16 Å². The molecule has 6 nitrogen and oxygen atoms in total. The summed E-state index contributed by atoms with van der Waals surface area (Å²) in [5.74, 6) is 0.514. The lowest BCUT2D eigenvalue weighted by molar-refractivity contribution is -0.120. The van der Waals surface area contributed by atoms with Gasteiger partial charge in [-0.2, -0.15) is 0 Å². The summed E-state index contributed by atoms with van der Waals surface area (Å²) in [6, 6.07) is 7.37. The van der Waals surface area contributed by atoms with E-state index in [-0.39, 0.29) is 0 Å². The zero-order valence-electron chi connectivity index (χ0n) is 12.0. The molecule has 1 rings (SSSR count). The number of carbonyl (C=O) groups is 2. The molecular weight excluding hydrogens is 262 g/mol. The number of ether oxygens (including phenoxy) is 2. The summed E-state index contributed by atoms with van der Waals surface area (Å²) in [6.07, 6.45) is 0.806. The van der Waals surface area contributed by atoms with Crippen molar-refractivity contribution in [2.75, 3.05) is 13.2 Å². The molecule has 0 saturated carbocycles. The first kappa shape index (κ1) is 17.9. The van der Waals surface area contributed by atoms with Crippen molar-refractivity contribution >= 4 is 12.6 Å². The standard InChI is InChI=1S/C11H14O3.C3H7NO2/c1-3-9-5-7-10(8-6-9)14-11(12)13-4-2;1-2-6-4-3-5/h5-8H,3-4H2,1-2H3;3H,2H2,1H3,(H,4,5). The molecule has 0 heterocycles. The van der Waals surface area contributed by atoms with Crippen molar-refractivity contribution in [3.05, 3.63) is 29.8 Å². The summed E-state index contributed by atoms with van der Waals surface area (Å²) in [7, 11) is 0. The van der Waals surface area contributed by atoms with Gasteiger partial charge in [0, 0.05) is 0 Å². The van der Waals surface area contributed by atoms with Gasteiger partial charge in [0.15, 0.2) is 0 Å². The van der Waals surface area contributed by atoms with Crippen LogP contribution in [0.25, 0.3) is 0 Å². The molecule has 0 aliphatic rings. The molecule has 0 unspecified atom stereocenters. The van der Waals surface area contributed by atoms with Crippen LogP contribution >= 0.6 is 0 Å². The summed E-state index contributed by atoms with van der Waals surface area (Å²) in [5, 5.41) is 0. The van der Waals surface area contributed by atoms with Crippen LogP contribution in [0.3, 0.4) is 0 Å². The van der Waals surface area contributed by atoms with Gasteiger partial charge in [0.05, 0.1) is 13.2 Å². The molecule has 0 saturated heterocycles. The number of benzene rings is 1. The average Bonchev–Trinajstić information content (AvgIpc) is 2.47. The molecule has 0 bridgehead atoms. The summed E-state index contributed by atoms with van der Waals surface area (Å²) in [6.45, 7) is 6.43. The van der Waals surface area contributed by atoms with E-state index < -0.39 is 6.16 Å². The molecule has 1 aromatic carbocycles. The Morgan fingerprint density at radius 2 is 1.80 bits per heavy atom. The first-order valence-electron chi connectivity index (χ1n) is 6.42. The van der Waals surface area contributed by atoms with Crippen LogP contribution in [-0.2, 0) is 20.8 Å². The molecule has 0 aliphatic carbocycles. The molecular formula is C14H21NO5. The zero-order chi connectivity index (χ0) is 15.2. The van der Waals surface area contributed by atoms with Crippen LogP contribution < -0.4 is 10.2 Å². The Morgan fingerprint density at radius 1 is 1.15 bits per heavy atom. The van der Waals surface area contributed by atoms with Crippen molar-refractivity contribution in [1.29, 1.82) is 0 Å². The van der Waals surface area contributed by atoms with Gasteiger partial charge in [0.1, 0.15) is 5.75 Å². The summed E-state index contributed by atoms with van der Waals surface area (Å²) < 4.78 is 9.53. The lowest BCUT2D eigenvalue weighted by Gasteiger charge is -2.04. The van der Waals surface area contributed by atoms with E-state index in [4.69, 9.17) is 4.74 Å². The van der Waals surface area contributed by atoms with Crippen LogP contribution in [0.2, 0.25) is 0 Å². The number of carbonyl (C=O) groups excluding carboxylic acids is 2. The van der Waals surface area contributed by atoms with E-state index >= 15 is 0 Å².